The number of hydrogen-bond acceptors (Lipinski definition) is 5. The largest absolute Gasteiger partial charge is 0.480 e. The predicted molar refractivity (Wildman–Crippen MR) is 116 cm³/mol. The molecule has 0 saturated carbocycles. The lowest BCUT2D eigenvalue weighted by Crippen LogP contribution is -2.39. The predicted octanol–water partition coefficient (Wildman–Crippen LogP) is 2.85. The van der Waals surface area contributed by atoms with E-state index in [0.29, 0.717) is 12.3 Å². The molecule has 158 valence electrons. The van der Waals surface area contributed by atoms with Gasteiger partial charge in [0.05, 0.1) is 5.75 Å². The molecular weight excluding hydrogens is 404 g/mol. The third-order valence-corrected chi connectivity index (χ3v) is 5.80. The van der Waals surface area contributed by atoms with Crippen LogP contribution in [0.5, 0.6) is 0 Å². The molecule has 8 heteroatoms. The molecule has 3 N–H and O–H groups in total. The van der Waals surface area contributed by atoms with Crippen molar-refractivity contribution in [2.45, 2.75) is 18.9 Å². The van der Waals surface area contributed by atoms with Crippen LogP contribution in [0.25, 0.3) is 11.1 Å². The van der Waals surface area contributed by atoms with E-state index in [1.54, 1.807) is 0 Å². The second-order valence-corrected chi connectivity index (χ2v) is 8.04. The number of amides is 2. The second-order valence-electron chi connectivity index (χ2n) is 6.93. The Morgan fingerprint density at radius 3 is 2.27 bits per heavy atom. The van der Waals surface area contributed by atoms with Gasteiger partial charge in [-0.3, -0.25) is 9.59 Å². The molecule has 0 saturated heterocycles. The van der Waals surface area contributed by atoms with Gasteiger partial charge in [-0.15, -0.1) is 0 Å². The molecular formula is C22H24N2O5S. The van der Waals surface area contributed by atoms with E-state index in [-0.39, 0.29) is 24.2 Å². The Kier molecular flexibility index (Phi) is 7.35. The minimum Gasteiger partial charge on any atom is -0.480 e. The van der Waals surface area contributed by atoms with Gasteiger partial charge in [0.15, 0.2) is 0 Å². The van der Waals surface area contributed by atoms with Gasteiger partial charge in [-0.25, -0.2) is 4.79 Å². The van der Waals surface area contributed by atoms with Crippen molar-refractivity contribution in [3.63, 3.8) is 0 Å². The highest BCUT2D eigenvalue weighted by Crippen LogP contribution is 2.44. The smallest absolute Gasteiger partial charge is 0.407 e. The van der Waals surface area contributed by atoms with Crippen LogP contribution in [0.3, 0.4) is 0 Å². The van der Waals surface area contributed by atoms with Crippen molar-refractivity contribution < 1.29 is 24.2 Å². The lowest BCUT2D eigenvalue weighted by atomic mass is 9.98. The highest BCUT2D eigenvalue weighted by Gasteiger charge is 2.28. The molecule has 1 aliphatic rings. The van der Waals surface area contributed by atoms with Crippen molar-refractivity contribution in [1.82, 2.24) is 10.6 Å². The number of thioether (sulfide) groups is 1. The first-order valence-corrected chi connectivity index (χ1v) is 10.8. The molecule has 2 amide bonds. The highest BCUT2D eigenvalue weighted by atomic mass is 32.2. The van der Waals surface area contributed by atoms with E-state index in [1.807, 2.05) is 24.3 Å². The minimum atomic E-state index is -1.08. The summed E-state index contributed by atoms with van der Waals surface area (Å²) in [6, 6.07) is 15.4. The highest BCUT2D eigenvalue weighted by molar-refractivity contribution is 7.99. The molecule has 0 aliphatic heterocycles. The van der Waals surface area contributed by atoms with Crippen LogP contribution in [-0.4, -0.2) is 53.8 Å². The maximum Gasteiger partial charge on any atom is 0.407 e. The zero-order valence-corrected chi connectivity index (χ0v) is 17.4. The molecule has 0 bridgehead atoms. The van der Waals surface area contributed by atoms with Crippen molar-refractivity contribution in [3.05, 3.63) is 59.7 Å². The number of hydrogen-bond donors (Lipinski definition) is 3. The molecule has 2 aromatic carbocycles. The number of carbonyl (C=O) groups excluding carboxylic acids is 2. The van der Waals surface area contributed by atoms with Crippen molar-refractivity contribution in [2.24, 2.45) is 0 Å². The summed E-state index contributed by atoms with van der Waals surface area (Å²) in [6.45, 7) is 2.01. The standard InChI is InChI=1S/C22H24N2O5S/c1-14(21(26)27)24-20(25)13-30-11-10-23-22(28)29-12-19-17-8-4-2-6-15(17)16-7-3-5-9-18(16)19/h2-9,14,19H,10-13H2,1H3,(H,23,28)(H,24,25)(H,26,27)/t14-/m0/s1. The first kappa shape index (κ1) is 21.7. The minimum absolute atomic E-state index is 0.0115. The third kappa shape index (κ3) is 5.33. The van der Waals surface area contributed by atoms with E-state index in [9.17, 15) is 14.4 Å². The lowest BCUT2D eigenvalue weighted by molar-refractivity contribution is -0.140. The van der Waals surface area contributed by atoms with Crippen molar-refractivity contribution in [1.29, 1.82) is 0 Å². The molecule has 3 rings (SSSR count). The van der Waals surface area contributed by atoms with Crippen LogP contribution in [-0.2, 0) is 14.3 Å². The van der Waals surface area contributed by atoms with E-state index in [2.05, 4.69) is 34.9 Å². The van der Waals surface area contributed by atoms with Crippen LogP contribution < -0.4 is 10.6 Å². The van der Waals surface area contributed by atoms with Crippen LogP contribution >= 0.6 is 11.8 Å². The van der Waals surface area contributed by atoms with Gasteiger partial charge >= 0.3 is 12.1 Å². The van der Waals surface area contributed by atoms with Crippen LogP contribution in [0.15, 0.2) is 48.5 Å². The number of carbonyl (C=O) groups is 3. The Morgan fingerprint density at radius 1 is 1.07 bits per heavy atom. The third-order valence-electron chi connectivity index (χ3n) is 4.84. The Morgan fingerprint density at radius 2 is 1.67 bits per heavy atom. The number of rotatable bonds is 9. The fraction of sp³-hybridized carbons (Fsp3) is 0.318. The molecule has 7 nitrogen and oxygen atoms in total. The summed E-state index contributed by atoms with van der Waals surface area (Å²) in [5.74, 6) is -0.776. The summed E-state index contributed by atoms with van der Waals surface area (Å²) in [5, 5.41) is 13.8. The van der Waals surface area contributed by atoms with E-state index in [0.717, 1.165) is 11.1 Å². The van der Waals surface area contributed by atoms with Crippen molar-refractivity contribution in [3.8, 4) is 11.1 Å². The number of fused-ring (bicyclic) bond motifs is 3. The van der Waals surface area contributed by atoms with Gasteiger partial charge in [0, 0.05) is 18.2 Å². The Bertz CT molecular complexity index is 888. The van der Waals surface area contributed by atoms with Crippen molar-refractivity contribution in [2.75, 3.05) is 24.7 Å². The van der Waals surface area contributed by atoms with Gasteiger partial charge in [-0.05, 0) is 29.2 Å². The molecule has 30 heavy (non-hydrogen) atoms. The van der Waals surface area contributed by atoms with Crippen LogP contribution in [0.4, 0.5) is 4.79 Å². The fourth-order valence-corrected chi connectivity index (χ4v) is 4.04. The summed E-state index contributed by atoms with van der Waals surface area (Å²) < 4.78 is 5.44. The molecule has 0 radical (unpaired) electrons. The quantitative estimate of drug-likeness (QED) is 0.531. The van der Waals surface area contributed by atoms with E-state index < -0.39 is 18.1 Å². The molecule has 1 atom stereocenters. The normalized spacial score (nSPS) is 13.1. The van der Waals surface area contributed by atoms with Gasteiger partial charge in [0.1, 0.15) is 12.6 Å². The number of carboxylic acid groups (broad SMARTS) is 1. The Labute approximate surface area is 179 Å². The monoisotopic (exact) mass is 428 g/mol. The maximum absolute atomic E-state index is 12.1. The fourth-order valence-electron chi connectivity index (χ4n) is 3.38. The summed E-state index contributed by atoms with van der Waals surface area (Å²) in [6.07, 6.45) is -0.499. The molecule has 1 aliphatic carbocycles. The second kappa shape index (κ2) is 10.2. The number of alkyl carbamates (subject to hydrolysis) is 1. The summed E-state index contributed by atoms with van der Waals surface area (Å²) >= 11 is 1.31. The number of nitrogens with one attached hydrogen (secondary N) is 2. The summed E-state index contributed by atoms with van der Waals surface area (Å²) in [5.41, 5.74) is 4.66. The van der Waals surface area contributed by atoms with Gasteiger partial charge in [-0.1, -0.05) is 48.5 Å². The van der Waals surface area contributed by atoms with E-state index >= 15 is 0 Å². The van der Waals surface area contributed by atoms with Crippen LogP contribution in [0, 0.1) is 0 Å². The number of ether oxygens (including phenoxy) is 1. The Hall–Kier alpha value is -3.00. The van der Waals surface area contributed by atoms with Gasteiger partial charge in [0.2, 0.25) is 5.91 Å². The summed E-state index contributed by atoms with van der Waals surface area (Å²) in [4.78, 5) is 34.3. The Balaban J connectivity index is 1.40. The van der Waals surface area contributed by atoms with Gasteiger partial charge in [0.25, 0.3) is 0 Å². The lowest BCUT2D eigenvalue weighted by Gasteiger charge is -2.14. The number of benzene rings is 2. The SMILES string of the molecule is C[C@H](NC(=O)CSCCNC(=O)OCC1c2ccccc2-c2ccccc21)C(=O)O. The zero-order chi connectivity index (χ0) is 21.5. The average Bonchev–Trinajstić information content (AvgIpc) is 3.05. The zero-order valence-electron chi connectivity index (χ0n) is 16.6. The number of aliphatic carboxylic acids is 1. The van der Waals surface area contributed by atoms with E-state index in [4.69, 9.17) is 9.84 Å². The van der Waals surface area contributed by atoms with E-state index in [1.165, 1.54) is 29.8 Å². The molecule has 0 spiro atoms. The van der Waals surface area contributed by atoms with Gasteiger partial charge in [-0.2, -0.15) is 11.8 Å². The topological polar surface area (TPSA) is 105 Å². The molecule has 0 unspecified atom stereocenters. The van der Waals surface area contributed by atoms with Gasteiger partial charge < -0.3 is 20.5 Å². The van der Waals surface area contributed by atoms with Crippen LogP contribution in [0.1, 0.15) is 24.0 Å². The van der Waals surface area contributed by atoms with Crippen molar-refractivity contribution >= 4 is 29.7 Å². The van der Waals surface area contributed by atoms with Crippen LogP contribution in [0.2, 0.25) is 0 Å². The molecule has 0 fully saturated rings. The number of carboxylic acids is 1. The molecule has 0 aromatic heterocycles. The maximum atomic E-state index is 12.1. The summed E-state index contributed by atoms with van der Waals surface area (Å²) in [7, 11) is 0. The first-order chi connectivity index (χ1) is 14.5. The first-order valence-electron chi connectivity index (χ1n) is 9.66. The molecule has 2 aromatic rings. The molecule has 0 heterocycles. The average molecular weight is 429 g/mol.